The lowest BCUT2D eigenvalue weighted by molar-refractivity contribution is -0.142. The van der Waals surface area contributed by atoms with Gasteiger partial charge in [-0.2, -0.15) is 0 Å². The Labute approximate surface area is 155 Å². The quantitative estimate of drug-likeness (QED) is 0.588. The Hall–Kier alpha value is -2.44. The highest BCUT2D eigenvalue weighted by molar-refractivity contribution is 9.10. The molecule has 0 saturated carbocycles. The third kappa shape index (κ3) is 8.83. The fourth-order valence-corrected chi connectivity index (χ4v) is 2.11. The molecule has 2 aromatic rings. The van der Waals surface area contributed by atoms with Gasteiger partial charge in [0.1, 0.15) is 6.04 Å². The maximum absolute atomic E-state index is 11.0. The van der Waals surface area contributed by atoms with E-state index in [1.807, 2.05) is 54.6 Å². The highest BCUT2D eigenvalue weighted by Crippen LogP contribution is 2.11. The Bertz CT molecular complexity index is 699. The number of benzene rings is 2. The molecule has 132 valence electrons. The fraction of sp³-hybridized carbons (Fsp3) is 0.158. The molecule has 0 heterocycles. The summed E-state index contributed by atoms with van der Waals surface area (Å²) in [5, 5.41) is 8.33. The first-order valence-corrected chi connectivity index (χ1v) is 8.25. The van der Waals surface area contributed by atoms with Crippen molar-refractivity contribution in [2.75, 3.05) is 7.11 Å². The lowest BCUT2D eigenvalue weighted by Crippen LogP contribution is -2.33. The summed E-state index contributed by atoms with van der Waals surface area (Å²) < 4.78 is 5.50. The van der Waals surface area contributed by atoms with Crippen molar-refractivity contribution in [2.24, 2.45) is 5.73 Å². The summed E-state index contributed by atoms with van der Waals surface area (Å²) in [6, 6.07) is 16.5. The molecule has 6 heteroatoms. The molecule has 0 fully saturated rings. The molecule has 1 atom stereocenters. The van der Waals surface area contributed by atoms with Gasteiger partial charge in [-0.15, -0.1) is 0 Å². The number of carboxylic acid groups (broad SMARTS) is 1. The first-order valence-electron chi connectivity index (χ1n) is 7.46. The molecule has 0 amide bonds. The number of carbonyl (C=O) groups is 2. The predicted octanol–water partition coefficient (Wildman–Crippen LogP) is 3.28. The number of carbonyl (C=O) groups excluding carboxylic acids is 1. The van der Waals surface area contributed by atoms with Gasteiger partial charge in [0, 0.05) is 10.5 Å². The van der Waals surface area contributed by atoms with Crippen molar-refractivity contribution in [1.29, 1.82) is 0 Å². The Balaban J connectivity index is 0.000000251. The minimum absolute atomic E-state index is 0.371. The van der Waals surface area contributed by atoms with Crippen LogP contribution in [-0.4, -0.2) is 30.2 Å². The Morgan fingerprint density at radius 3 is 2.28 bits per heavy atom. The monoisotopic (exact) mass is 405 g/mol. The lowest BCUT2D eigenvalue weighted by atomic mass is 10.1. The number of hydrogen-bond donors (Lipinski definition) is 2. The zero-order valence-electron chi connectivity index (χ0n) is 13.8. The SMILES string of the molecule is COC(=O)[C@@H](N)Cc1ccccc1.O=C(O)/C=C/c1ccc(Br)cc1. The number of aliphatic carboxylic acids is 1. The lowest BCUT2D eigenvalue weighted by Gasteiger charge is -2.08. The highest BCUT2D eigenvalue weighted by Gasteiger charge is 2.13. The summed E-state index contributed by atoms with van der Waals surface area (Å²) >= 11 is 3.29. The number of ether oxygens (including phenoxy) is 1. The molecule has 0 radical (unpaired) electrons. The van der Waals surface area contributed by atoms with Crippen molar-refractivity contribution in [1.82, 2.24) is 0 Å². The van der Waals surface area contributed by atoms with Gasteiger partial charge < -0.3 is 15.6 Å². The maximum Gasteiger partial charge on any atom is 0.328 e. The summed E-state index contributed by atoms with van der Waals surface area (Å²) in [6.45, 7) is 0. The molecular formula is C19H20BrNO4. The Morgan fingerprint density at radius 2 is 1.76 bits per heavy atom. The van der Waals surface area contributed by atoms with E-state index in [0.29, 0.717) is 6.42 Å². The van der Waals surface area contributed by atoms with Crippen molar-refractivity contribution in [2.45, 2.75) is 12.5 Å². The molecule has 0 aliphatic rings. The van der Waals surface area contributed by atoms with Gasteiger partial charge in [0.15, 0.2) is 0 Å². The average Bonchev–Trinajstić information content (AvgIpc) is 2.62. The summed E-state index contributed by atoms with van der Waals surface area (Å²) in [7, 11) is 1.34. The fourth-order valence-electron chi connectivity index (χ4n) is 1.84. The van der Waals surface area contributed by atoms with Gasteiger partial charge in [-0.1, -0.05) is 58.4 Å². The van der Waals surface area contributed by atoms with E-state index >= 15 is 0 Å². The molecule has 0 spiro atoms. The van der Waals surface area contributed by atoms with E-state index < -0.39 is 12.0 Å². The zero-order valence-corrected chi connectivity index (χ0v) is 15.3. The topological polar surface area (TPSA) is 89.6 Å². The van der Waals surface area contributed by atoms with E-state index in [1.165, 1.54) is 7.11 Å². The maximum atomic E-state index is 11.0. The molecule has 0 saturated heterocycles. The van der Waals surface area contributed by atoms with Crippen LogP contribution in [0.3, 0.4) is 0 Å². The van der Waals surface area contributed by atoms with Gasteiger partial charge in [0.25, 0.3) is 0 Å². The average molecular weight is 406 g/mol. The second kappa shape index (κ2) is 11.2. The summed E-state index contributed by atoms with van der Waals surface area (Å²) in [4.78, 5) is 21.1. The molecular weight excluding hydrogens is 386 g/mol. The number of esters is 1. The van der Waals surface area contributed by atoms with Gasteiger partial charge in [0.2, 0.25) is 0 Å². The largest absolute Gasteiger partial charge is 0.478 e. The van der Waals surface area contributed by atoms with Crippen molar-refractivity contribution in [3.05, 3.63) is 76.3 Å². The zero-order chi connectivity index (χ0) is 18.7. The molecule has 5 nitrogen and oxygen atoms in total. The molecule has 0 aliphatic carbocycles. The van der Waals surface area contributed by atoms with Gasteiger partial charge in [0.05, 0.1) is 7.11 Å². The van der Waals surface area contributed by atoms with Crippen LogP contribution in [0.5, 0.6) is 0 Å². The normalized spacial score (nSPS) is 11.3. The summed E-state index contributed by atoms with van der Waals surface area (Å²) in [6.07, 6.45) is 3.19. The first-order chi connectivity index (χ1) is 11.9. The third-order valence-corrected chi connectivity index (χ3v) is 3.62. The molecule has 25 heavy (non-hydrogen) atoms. The number of halogens is 1. The van der Waals surface area contributed by atoms with Crippen LogP contribution in [0.2, 0.25) is 0 Å². The molecule has 0 aliphatic heterocycles. The highest BCUT2D eigenvalue weighted by atomic mass is 79.9. The van der Waals surface area contributed by atoms with Crippen LogP contribution < -0.4 is 5.73 Å². The van der Waals surface area contributed by atoms with Crippen LogP contribution >= 0.6 is 15.9 Å². The van der Waals surface area contributed by atoms with Crippen LogP contribution in [-0.2, 0) is 20.7 Å². The summed E-state index contributed by atoms with van der Waals surface area (Å²) in [5.41, 5.74) is 7.50. The number of methoxy groups -OCH3 is 1. The predicted molar refractivity (Wildman–Crippen MR) is 101 cm³/mol. The van der Waals surface area contributed by atoms with Gasteiger partial charge in [-0.3, -0.25) is 4.79 Å². The molecule has 2 aromatic carbocycles. The smallest absolute Gasteiger partial charge is 0.328 e. The Morgan fingerprint density at radius 1 is 1.16 bits per heavy atom. The van der Waals surface area contributed by atoms with Crippen LogP contribution in [0.1, 0.15) is 11.1 Å². The minimum atomic E-state index is -0.932. The van der Waals surface area contributed by atoms with Crippen LogP contribution in [0, 0.1) is 0 Å². The number of hydrogen-bond acceptors (Lipinski definition) is 4. The van der Waals surface area contributed by atoms with Gasteiger partial charge in [-0.25, -0.2) is 4.79 Å². The minimum Gasteiger partial charge on any atom is -0.478 e. The first kappa shape index (κ1) is 20.6. The summed E-state index contributed by atoms with van der Waals surface area (Å²) in [5.74, 6) is -1.30. The van der Waals surface area contributed by atoms with Gasteiger partial charge >= 0.3 is 11.9 Å². The molecule has 0 aromatic heterocycles. The van der Waals surface area contributed by atoms with Crippen LogP contribution in [0.25, 0.3) is 6.08 Å². The Kier molecular flexibility index (Phi) is 9.21. The van der Waals surface area contributed by atoms with E-state index in [0.717, 1.165) is 21.7 Å². The van der Waals surface area contributed by atoms with Crippen LogP contribution in [0.15, 0.2) is 65.1 Å². The van der Waals surface area contributed by atoms with E-state index in [-0.39, 0.29) is 5.97 Å². The standard InChI is InChI=1S/C10H13NO2.C9H7BrO2/c1-13-10(12)9(11)7-8-5-3-2-4-6-8;10-8-4-1-7(2-5-8)3-6-9(11)12/h2-6,9H,7,11H2,1H3;1-6H,(H,11,12)/b;6-3+/t9-;/m0./s1. The van der Waals surface area contributed by atoms with Crippen molar-refractivity contribution >= 4 is 33.9 Å². The van der Waals surface area contributed by atoms with Crippen LogP contribution in [0.4, 0.5) is 0 Å². The number of nitrogens with two attached hydrogens (primary N) is 1. The molecule has 3 N–H and O–H groups in total. The van der Waals surface area contributed by atoms with E-state index in [2.05, 4.69) is 20.7 Å². The van der Waals surface area contributed by atoms with Gasteiger partial charge in [-0.05, 0) is 35.8 Å². The van der Waals surface area contributed by atoms with Crippen molar-refractivity contribution < 1.29 is 19.4 Å². The molecule has 0 bridgehead atoms. The van der Waals surface area contributed by atoms with Crippen molar-refractivity contribution in [3.63, 3.8) is 0 Å². The third-order valence-electron chi connectivity index (χ3n) is 3.09. The number of carboxylic acids is 1. The number of rotatable bonds is 5. The molecule has 0 unspecified atom stereocenters. The second-order valence-electron chi connectivity index (χ2n) is 5.04. The van der Waals surface area contributed by atoms with E-state index in [4.69, 9.17) is 10.8 Å². The van der Waals surface area contributed by atoms with Crippen molar-refractivity contribution in [3.8, 4) is 0 Å². The van der Waals surface area contributed by atoms with E-state index in [1.54, 1.807) is 6.08 Å². The van der Waals surface area contributed by atoms with E-state index in [9.17, 15) is 9.59 Å². The molecule has 2 rings (SSSR count). The second-order valence-corrected chi connectivity index (χ2v) is 5.96.